The standard InChI is InChI=1S/C22H29F2N3/c1-6-17(24)13-20(15(2)23)27-14-18(21(26)22(3,4)5)19(25)12-16-10-8-7-9-11-16/h6-11,13-14,21H,2,12,25-26H2,1,3-5H3/b17-6+,19-18?,20-13+,27-14?/t21-/m0/s1. The molecule has 0 heterocycles. The number of benzene rings is 1. The molecule has 0 bridgehead atoms. The van der Waals surface area contributed by atoms with Crippen molar-refractivity contribution in [1.82, 2.24) is 0 Å². The lowest BCUT2D eigenvalue weighted by Gasteiger charge is -2.29. The molecule has 1 aromatic rings. The van der Waals surface area contributed by atoms with Crippen molar-refractivity contribution < 1.29 is 8.78 Å². The molecule has 0 amide bonds. The minimum absolute atomic E-state index is 0.211. The summed E-state index contributed by atoms with van der Waals surface area (Å²) in [6, 6.07) is 9.25. The molecule has 0 unspecified atom stereocenters. The quantitative estimate of drug-likeness (QED) is 0.514. The maximum Gasteiger partial charge on any atom is 0.141 e. The molecule has 0 fully saturated rings. The minimum atomic E-state index is -0.839. The van der Waals surface area contributed by atoms with E-state index < -0.39 is 17.7 Å². The topological polar surface area (TPSA) is 64.4 Å². The molecular weight excluding hydrogens is 344 g/mol. The third kappa shape index (κ3) is 7.31. The van der Waals surface area contributed by atoms with Gasteiger partial charge in [-0.25, -0.2) is 8.78 Å². The van der Waals surface area contributed by atoms with E-state index in [0.29, 0.717) is 17.7 Å². The van der Waals surface area contributed by atoms with E-state index in [1.54, 1.807) is 0 Å². The summed E-state index contributed by atoms with van der Waals surface area (Å²) in [4.78, 5) is 4.07. The summed E-state index contributed by atoms with van der Waals surface area (Å²) in [5.41, 5.74) is 14.3. The van der Waals surface area contributed by atoms with Crippen LogP contribution in [0.2, 0.25) is 0 Å². The van der Waals surface area contributed by atoms with Crippen LogP contribution in [0.4, 0.5) is 8.78 Å². The first-order valence-corrected chi connectivity index (χ1v) is 8.76. The van der Waals surface area contributed by atoms with E-state index >= 15 is 0 Å². The van der Waals surface area contributed by atoms with Crippen molar-refractivity contribution in [3.05, 3.63) is 83.2 Å². The van der Waals surface area contributed by atoms with Crippen LogP contribution >= 0.6 is 0 Å². The molecule has 3 nitrogen and oxygen atoms in total. The summed E-state index contributed by atoms with van der Waals surface area (Å²) in [5.74, 6) is -1.45. The van der Waals surface area contributed by atoms with Crippen molar-refractivity contribution in [2.75, 3.05) is 0 Å². The second kappa shape index (κ2) is 9.97. The molecule has 0 spiro atoms. The fraction of sp³-hybridized carbons (Fsp3) is 0.318. The van der Waals surface area contributed by atoms with Crippen LogP contribution in [0, 0.1) is 5.41 Å². The van der Waals surface area contributed by atoms with Crippen LogP contribution in [0.25, 0.3) is 0 Å². The Morgan fingerprint density at radius 3 is 2.30 bits per heavy atom. The second-order valence-electron chi connectivity index (χ2n) is 7.35. The summed E-state index contributed by atoms with van der Waals surface area (Å²) in [6.07, 6.45) is 4.07. The zero-order chi connectivity index (χ0) is 20.6. The summed E-state index contributed by atoms with van der Waals surface area (Å²) in [5, 5.41) is 0. The third-order valence-corrected chi connectivity index (χ3v) is 4.05. The fourth-order valence-corrected chi connectivity index (χ4v) is 2.29. The smallest absolute Gasteiger partial charge is 0.141 e. The van der Waals surface area contributed by atoms with Crippen molar-refractivity contribution >= 4 is 6.21 Å². The van der Waals surface area contributed by atoms with Crippen molar-refractivity contribution in [3.8, 4) is 0 Å². The fourth-order valence-electron chi connectivity index (χ4n) is 2.29. The van der Waals surface area contributed by atoms with Gasteiger partial charge in [0.1, 0.15) is 17.4 Å². The average Bonchev–Trinajstić information content (AvgIpc) is 2.60. The maximum absolute atomic E-state index is 13.6. The molecule has 0 saturated carbocycles. The number of hydrogen-bond acceptors (Lipinski definition) is 3. The number of halogens is 2. The van der Waals surface area contributed by atoms with E-state index in [9.17, 15) is 8.78 Å². The molecule has 1 aromatic carbocycles. The summed E-state index contributed by atoms with van der Waals surface area (Å²) < 4.78 is 27.1. The summed E-state index contributed by atoms with van der Waals surface area (Å²) >= 11 is 0. The Bertz CT molecular complexity index is 766. The molecular formula is C22H29F2N3. The highest BCUT2D eigenvalue weighted by Crippen LogP contribution is 2.25. The van der Waals surface area contributed by atoms with Gasteiger partial charge in [-0.3, -0.25) is 4.99 Å². The Morgan fingerprint density at radius 1 is 1.22 bits per heavy atom. The minimum Gasteiger partial charge on any atom is -0.401 e. The lowest BCUT2D eigenvalue weighted by atomic mass is 9.82. The predicted octanol–water partition coefficient (Wildman–Crippen LogP) is 5.13. The average molecular weight is 373 g/mol. The Morgan fingerprint density at radius 2 is 1.81 bits per heavy atom. The number of nitrogens with two attached hydrogens (primary N) is 2. The zero-order valence-electron chi connectivity index (χ0n) is 16.5. The van der Waals surface area contributed by atoms with Crippen LogP contribution in [-0.2, 0) is 6.42 Å². The normalized spacial score (nSPS) is 15.7. The first-order chi connectivity index (χ1) is 12.6. The van der Waals surface area contributed by atoms with Gasteiger partial charge < -0.3 is 11.5 Å². The first kappa shape index (κ1) is 22.5. The Hall–Kier alpha value is -2.53. The van der Waals surface area contributed by atoms with E-state index in [1.807, 2.05) is 51.1 Å². The SMILES string of the molecule is C=C(F)/C(=C\C(F)=C/C)N=CC(=C(N)Cc1ccccc1)[C@H](N)C(C)(C)C. The van der Waals surface area contributed by atoms with E-state index in [2.05, 4.69) is 11.6 Å². The molecule has 0 radical (unpaired) electrons. The van der Waals surface area contributed by atoms with Gasteiger partial charge >= 0.3 is 0 Å². The summed E-state index contributed by atoms with van der Waals surface area (Å²) in [7, 11) is 0. The van der Waals surface area contributed by atoms with E-state index in [4.69, 9.17) is 11.5 Å². The molecule has 27 heavy (non-hydrogen) atoms. The molecule has 5 heteroatoms. The van der Waals surface area contributed by atoms with Crippen molar-refractivity contribution in [1.29, 1.82) is 0 Å². The molecule has 1 atom stereocenters. The second-order valence-corrected chi connectivity index (χ2v) is 7.35. The van der Waals surface area contributed by atoms with Gasteiger partial charge in [0.15, 0.2) is 0 Å². The van der Waals surface area contributed by atoms with Crippen molar-refractivity contribution in [3.63, 3.8) is 0 Å². The first-order valence-electron chi connectivity index (χ1n) is 8.76. The monoisotopic (exact) mass is 373 g/mol. The van der Waals surface area contributed by atoms with Gasteiger partial charge in [-0.15, -0.1) is 0 Å². The van der Waals surface area contributed by atoms with Crippen LogP contribution in [0.5, 0.6) is 0 Å². The van der Waals surface area contributed by atoms with Crippen LogP contribution < -0.4 is 11.5 Å². The van der Waals surface area contributed by atoms with Gasteiger partial charge in [0.25, 0.3) is 0 Å². The molecule has 0 aromatic heterocycles. The van der Waals surface area contributed by atoms with Gasteiger partial charge in [0, 0.05) is 36.0 Å². The molecule has 0 aliphatic rings. The number of hydrogen-bond donors (Lipinski definition) is 2. The number of aliphatic imine (C=N–C) groups is 1. The highest BCUT2D eigenvalue weighted by Gasteiger charge is 2.25. The molecule has 1 rings (SSSR count). The van der Waals surface area contributed by atoms with Crippen LogP contribution in [0.15, 0.2) is 82.7 Å². The summed E-state index contributed by atoms with van der Waals surface area (Å²) in [6.45, 7) is 10.6. The Balaban J connectivity index is 3.35. The Labute approximate surface area is 160 Å². The molecule has 4 N–H and O–H groups in total. The van der Waals surface area contributed by atoms with Crippen LogP contribution in [0.1, 0.15) is 33.3 Å². The molecule has 146 valence electrons. The lowest BCUT2D eigenvalue weighted by molar-refractivity contribution is 0.359. The van der Waals surface area contributed by atoms with E-state index in [1.165, 1.54) is 19.2 Å². The van der Waals surface area contributed by atoms with Gasteiger partial charge in [0.2, 0.25) is 0 Å². The number of allylic oxidation sites excluding steroid dienone is 5. The van der Waals surface area contributed by atoms with Gasteiger partial charge in [-0.1, -0.05) is 63.8 Å². The van der Waals surface area contributed by atoms with Gasteiger partial charge in [-0.05, 0) is 17.9 Å². The lowest BCUT2D eigenvalue weighted by Crippen LogP contribution is -2.39. The third-order valence-electron chi connectivity index (χ3n) is 4.05. The van der Waals surface area contributed by atoms with Gasteiger partial charge in [-0.2, -0.15) is 0 Å². The van der Waals surface area contributed by atoms with Crippen molar-refractivity contribution in [2.45, 2.75) is 40.2 Å². The van der Waals surface area contributed by atoms with Crippen molar-refractivity contribution in [2.24, 2.45) is 21.9 Å². The molecule has 0 aliphatic heterocycles. The maximum atomic E-state index is 13.6. The van der Waals surface area contributed by atoms with Crippen LogP contribution in [0.3, 0.4) is 0 Å². The largest absolute Gasteiger partial charge is 0.401 e. The van der Waals surface area contributed by atoms with Gasteiger partial charge in [0.05, 0.1) is 0 Å². The predicted molar refractivity (Wildman–Crippen MR) is 110 cm³/mol. The number of nitrogens with zero attached hydrogens (tertiary/aromatic N) is 1. The zero-order valence-corrected chi connectivity index (χ0v) is 16.5. The highest BCUT2D eigenvalue weighted by atomic mass is 19.1. The Kier molecular flexibility index (Phi) is 8.32. The molecule has 0 saturated heterocycles. The number of rotatable bonds is 7. The van der Waals surface area contributed by atoms with E-state index in [0.717, 1.165) is 11.6 Å². The van der Waals surface area contributed by atoms with Crippen LogP contribution in [-0.4, -0.2) is 12.3 Å². The van der Waals surface area contributed by atoms with E-state index in [-0.39, 0.29) is 11.1 Å². The molecule has 0 aliphatic carbocycles. The highest BCUT2D eigenvalue weighted by molar-refractivity contribution is 5.82.